The third-order valence-corrected chi connectivity index (χ3v) is 7.84. The Bertz CT molecular complexity index is 1210. The highest BCUT2D eigenvalue weighted by molar-refractivity contribution is 8.00. The fourth-order valence-corrected chi connectivity index (χ4v) is 5.96. The number of amides is 1. The van der Waals surface area contributed by atoms with Crippen LogP contribution in [0.1, 0.15) is 22.2 Å². The van der Waals surface area contributed by atoms with Crippen LogP contribution in [-0.2, 0) is 21.4 Å². The minimum Gasteiger partial charge on any atom is -0.320 e. The van der Waals surface area contributed by atoms with E-state index in [-0.39, 0.29) is 28.7 Å². The molecule has 0 N–H and O–H groups in total. The molecule has 2 aromatic carbocycles. The molecule has 1 aliphatic rings. The van der Waals surface area contributed by atoms with Crippen molar-refractivity contribution in [3.05, 3.63) is 89.2 Å². The van der Waals surface area contributed by atoms with Crippen molar-refractivity contribution >= 4 is 27.7 Å². The first-order valence-electron chi connectivity index (χ1n) is 9.12. The number of benzene rings is 2. The highest BCUT2D eigenvalue weighted by atomic mass is 32.2. The number of nitrogens with zero attached hydrogens (tertiary/aromatic N) is 2. The van der Waals surface area contributed by atoms with E-state index in [1.54, 1.807) is 24.3 Å². The molecular formula is C21H18F2N2O3S2. The van der Waals surface area contributed by atoms with E-state index in [1.807, 2.05) is 6.92 Å². The van der Waals surface area contributed by atoms with Gasteiger partial charge in [-0.15, -0.1) is 11.8 Å². The third kappa shape index (κ3) is 3.75. The first kappa shape index (κ1) is 20.6. The van der Waals surface area contributed by atoms with Gasteiger partial charge in [-0.3, -0.25) is 4.79 Å². The van der Waals surface area contributed by atoms with E-state index in [1.165, 1.54) is 41.1 Å². The minimum atomic E-state index is -3.87. The molecule has 0 radical (unpaired) electrons. The molecule has 0 aliphatic carbocycles. The number of rotatable bonds is 5. The van der Waals surface area contributed by atoms with Crippen molar-refractivity contribution in [2.24, 2.45) is 0 Å². The maximum atomic E-state index is 14.1. The van der Waals surface area contributed by atoms with Crippen molar-refractivity contribution in [1.82, 2.24) is 8.87 Å². The molecule has 3 aromatic rings. The summed E-state index contributed by atoms with van der Waals surface area (Å²) in [5.74, 6) is -1.55. The molecule has 5 nitrogen and oxygen atoms in total. The molecule has 156 valence electrons. The van der Waals surface area contributed by atoms with Crippen LogP contribution in [0.4, 0.5) is 8.78 Å². The van der Waals surface area contributed by atoms with Crippen molar-refractivity contribution in [2.75, 3.05) is 5.75 Å². The molecule has 1 amide bonds. The standard InChI is InChI=1S/C21H18F2N2O3S2/c1-14-4-8-17(9-5-14)30(27,28)25-10-2-3-19(25)21-24(20(26)13-29-21)12-15-6-7-16(22)11-18(15)23/h2-11,21H,12-13H2,1H3. The fourth-order valence-electron chi connectivity index (χ4n) is 3.32. The summed E-state index contributed by atoms with van der Waals surface area (Å²) in [6.07, 6.45) is 1.44. The van der Waals surface area contributed by atoms with E-state index in [2.05, 4.69) is 0 Å². The second kappa shape index (κ2) is 7.88. The summed E-state index contributed by atoms with van der Waals surface area (Å²) in [4.78, 5) is 14.0. The van der Waals surface area contributed by atoms with E-state index in [0.717, 1.165) is 21.7 Å². The third-order valence-electron chi connectivity index (χ3n) is 4.90. The van der Waals surface area contributed by atoms with Gasteiger partial charge in [-0.05, 0) is 37.3 Å². The molecule has 0 bridgehead atoms. The zero-order chi connectivity index (χ0) is 21.5. The van der Waals surface area contributed by atoms with Gasteiger partial charge in [-0.2, -0.15) is 0 Å². The van der Waals surface area contributed by atoms with Gasteiger partial charge in [0.05, 0.1) is 22.9 Å². The van der Waals surface area contributed by atoms with Gasteiger partial charge >= 0.3 is 0 Å². The first-order valence-corrected chi connectivity index (χ1v) is 11.6. The highest BCUT2D eigenvalue weighted by Crippen LogP contribution is 2.40. The lowest BCUT2D eigenvalue weighted by atomic mass is 10.2. The number of aryl methyl sites for hydroxylation is 1. The van der Waals surface area contributed by atoms with Crippen LogP contribution in [0.15, 0.2) is 65.7 Å². The lowest BCUT2D eigenvalue weighted by Gasteiger charge is -2.25. The number of carbonyl (C=O) groups excluding carboxylic acids is 1. The average molecular weight is 449 g/mol. The monoisotopic (exact) mass is 448 g/mol. The summed E-state index contributed by atoms with van der Waals surface area (Å²) in [6.45, 7) is 1.78. The summed E-state index contributed by atoms with van der Waals surface area (Å²) in [5.41, 5.74) is 1.50. The van der Waals surface area contributed by atoms with Gasteiger partial charge in [0.15, 0.2) is 0 Å². The number of aromatic nitrogens is 1. The van der Waals surface area contributed by atoms with Gasteiger partial charge in [-0.1, -0.05) is 23.8 Å². The second-order valence-electron chi connectivity index (χ2n) is 6.97. The Hall–Kier alpha value is -2.65. The summed E-state index contributed by atoms with van der Waals surface area (Å²) >= 11 is 1.27. The SMILES string of the molecule is Cc1ccc(S(=O)(=O)n2cccc2C2SCC(=O)N2Cc2ccc(F)cc2F)cc1. The quantitative estimate of drug-likeness (QED) is 0.590. The van der Waals surface area contributed by atoms with Crippen molar-refractivity contribution < 1.29 is 22.0 Å². The lowest BCUT2D eigenvalue weighted by Crippen LogP contribution is -2.30. The predicted molar refractivity (Wildman–Crippen MR) is 110 cm³/mol. The first-order chi connectivity index (χ1) is 14.3. The Balaban J connectivity index is 1.69. The number of hydrogen-bond donors (Lipinski definition) is 0. The van der Waals surface area contributed by atoms with Crippen LogP contribution in [-0.4, -0.2) is 29.0 Å². The fraction of sp³-hybridized carbons (Fsp3) is 0.190. The summed E-state index contributed by atoms with van der Waals surface area (Å²) in [5, 5.41) is -0.614. The van der Waals surface area contributed by atoms with Crippen molar-refractivity contribution in [2.45, 2.75) is 23.7 Å². The number of thioether (sulfide) groups is 1. The number of hydrogen-bond acceptors (Lipinski definition) is 4. The summed E-state index contributed by atoms with van der Waals surface area (Å²) in [7, 11) is -3.87. The lowest BCUT2D eigenvalue weighted by molar-refractivity contribution is -0.128. The molecule has 0 saturated carbocycles. The zero-order valence-corrected chi connectivity index (χ0v) is 17.6. The molecule has 2 heterocycles. The van der Waals surface area contributed by atoms with Crippen LogP contribution in [0, 0.1) is 18.6 Å². The van der Waals surface area contributed by atoms with E-state index in [9.17, 15) is 22.0 Å². The molecule has 0 spiro atoms. The number of carbonyl (C=O) groups is 1. The molecule has 4 rings (SSSR count). The van der Waals surface area contributed by atoms with Crippen molar-refractivity contribution in [3.8, 4) is 0 Å². The maximum Gasteiger partial charge on any atom is 0.267 e. The Morgan fingerprint density at radius 3 is 2.53 bits per heavy atom. The molecule has 1 atom stereocenters. The maximum absolute atomic E-state index is 14.1. The molecule has 9 heteroatoms. The molecule has 1 saturated heterocycles. The zero-order valence-electron chi connectivity index (χ0n) is 16.0. The Kier molecular flexibility index (Phi) is 5.42. The second-order valence-corrected chi connectivity index (χ2v) is 9.85. The van der Waals surface area contributed by atoms with E-state index in [0.29, 0.717) is 5.69 Å². The van der Waals surface area contributed by atoms with E-state index in [4.69, 9.17) is 0 Å². The smallest absolute Gasteiger partial charge is 0.267 e. The minimum absolute atomic E-state index is 0.0849. The number of halogens is 2. The molecule has 1 aliphatic heterocycles. The van der Waals surface area contributed by atoms with Gasteiger partial charge in [0.1, 0.15) is 17.0 Å². The molecular weight excluding hydrogens is 430 g/mol. The molecule has 1 unspecified atom stereocenters. The molecule has 1 aromatic heterocycles. The largest absolute Gasteiger partial charge is 0.320 e. The van der Waals surface area contributed by atoms with E-state index >= 15 is 0 Å². The van der Waals surface area contributed by atoms with Crippen LogP contribution < -0.4 is 0 Å². The van der Waals surface area contributed by atoms with Gasteiger partial charge in [0.2, 0.25) is 5.91 Å². The van der Waals surface area contributed by atoms with Gasteiger partial charge in [0.25, 0.3) is 10.0 Å². The van der Waals surface area contributed by atoms with Gasteiger partial charge < -0.3 is 4.90 Å². The van der Waals surface area contributed by atoms with Crippen LogP contribution >= 0.6 is 11.8 Å². The Morgan fingerprint density at radius 2 is 1.83 bits per heavy atom. The van der Waals surface area contributed by atoms with Crippen molar-refractivity contribution in [1.29, 1.82) is 0 Å². The van der Waals surface area contributed by atoms with E-state index < -0.39 is 27.0 Å². The molecule has 30 heavy (non-hydrogen) atoms. The summed E-state index contributed by atoms with van der Waals surface area (Å²) in [6, 6.07) is 12.9. The van der Waals surface area contributed by atoms with Gasteiger partial charge in [-0.25, -0.2) is 21.2 Å². The normalized spacial score (nSPS) is 17.0. The Morgan fingerprint density at radius 1 is 1.10 bits per heavy atom. The van der Waals surface area contributed by atoms with Crippen LogP contribution in [0.5, 0.6) is 0 Å². The predicted octanol–water partition coefficient (Wildman–Crippen LogP) is 4.09. The van der Waals surface area contributed by atoms with Gasteiger partial charge in [0, 0.05) is 17.8 Å². The topological polar surface area (TPSA) is 59.4 Å². The van der Waals surface area contributed by atoms with Crippen LogP contribution in [0.2, 0.25) is 0 Å². The summed E-state index contributed by atoms with van der Waals surface area (Å²) < 4.78 is 54.8. The molecule has 1 fully saturated rings. The average Bonchev–Trinajstić information content (AvgIpc) is 3.32. The van der Waals surface area contributed by atoms with Crippen LogP contribution in [0.3, 0.4) is 0 Å². The Labute approximate surface area is 177 Å². The van der Waals surface area contributed by atoms with Crippen LogP contribution in [0.25, 0.3) is 0 Å². The highest BCUT2D eigenvalue weighted by Gasteiger charge is 2.36. The van der Waals surface area contributed by atoms with Crippen molar-refractivity contribution in [3.63, 3.8) is 0 Å².